The van der Waals surface area contributed by atoms with Crippen molar-refractivity contribution in [2.24, 2.45) is 0 Å². The number of para-hydroxylation sites is 1. The van der Waals surface area contributed by atoms with Gasteiger partial charge in [0.1, 0.15) is 5.75 Å². The molecule has 1 amide bonds. The minimum Gasteiger partial charge on any atom is -0.478 e. The van der Waals surface area contributed by atoms with Crippen molar-refractivity contribution in [1.82, 2.24) is 0 Å². The fraction of sp³-hybridized carbons (Fsp3) is 0. The number of anilines is 1. The number of carboxylic acids is 1. The van der Waals surface area contributed by atoms with Crippen molar-refractivity contribution in [1.29, 1.82) is 0 Å². The SMILES string of the molecule is O=C(Nc1c(Cl)cc(C(=O)O)cc1Cl)Oc1ccccc1. The molecular weight excluding hydrogens is 317 g/mol. The molecule has 0 saturated carbocycles. The molecule has 0 spiro atoms. The molecule has 5 nitrogen and oxygen atoms in total. The predicted molar refractivity (Wildman–Crippen MR) is 79.5 cm³/mol. The molecule has 0 aromatic heterocycles. The van der Waals surface area contributed by atoms with Crippen LogP contribution in [-0.2, 0) is 0 Å². The van der Waals surface area contributed by atoms with E-state index in [2.05, 4.69) is 5.32 Å². The Bertz CT molecular complexity index is 666. The number of carbonyl (C=O) groups is 2. The Hall–Kier alpha value is -2.24. The fourth-order valence-electron chi connectivity index (χ4n) is 1.54. The first-order valence-corrected chi connectivity index (χ1v) is 6.49. The maximum absolute atomic E-state index is 11.7. The molecule has 0 aliphatic rings. The van der Waals surface area contributed by atoms with Crippen molar-refractivity contribution in [2.75, 3.05) is 5.32 Å². The number of nitrogens with one attached hydrogen (secondary N) is 1. The van der Waals surface area contributed by atoms with Crippen molar-refractivity contribution in [3.8, 4) is 5.75 Å². The monoisotopic (exact) mass is 325 g/mol. The molecule has 0 unspecified atom stereocenters. The van der Waals surface area contributed by atoms with E-state index in [1.54, 1.807) is 30.3 Å². The summed E-state index contributed by atoms with van der Waals surface area (Å²) in [7, 11) is 0. The van der Waals surface area contributed by atoms with Crippen LogP contribution in [0.25, 0.3) is 0 Å². The zero-order chi connectivity index (χ0) is 15.4. The molecule has 2 rings (SSSR count). The average molecular weight is 326 g/mol. The predicted octanol–water partition coefficient (Wildman–Crippen LogP) is 4.30. The molecule has 0 aliphatic heterocycles. The van der Waals surface area contributed by atoms with E-state index in [4.69, 9.17) is 33.0 Å². The van der Waals surface area contributed by atoms with Gasteiger partial charge in [-0.25, -0.2) is 9.59 Å². The van der Waals surface area contributed by atoms with E-state index in [0.717, 1.165) is 0 Å². The lowest BCUT2D eigenvalue weighted by Crippen LogP contribution is -2.17. The van der Waals surface area contributed by atoms with Crippen molar-refractivity contribution in [3.63, 3.8) is 0 Å². The van der Waals surface area contributed by atoms with Gasteiger partial charge in [0.25, 0.3) is 0 Å². The first kappa shape index (κ1) is 15.2. The summed E-state index contributed by atoms with van der Waals surface area (Å²) in [4.78, 5) is 22.6. The first-order valence-electron chi connectivity index (χ1n) is 5.73. The molecule has 7 heteroatoms. The van der Waals surface area contributed by atoms with Crippen LogP contribution < -0.4 is 10.1 Å². The molecule has 2 N–H and O–H groups in total. The van der Waals surface area contributed by atoms with Crippen LogP contribution >= 0.6 is 23.2 Å². The van der Waals surface area contributed by atoms with Crippen LogP contribution in [-0.4, -0.2) is 17.2 Å². The summed E-state index contributed by atoms with van der Waals surface area (Å²) < 4.78 is 5.02. The number of halogens is 2. The number of benzene rings is 2. The van der Waals surface area contributed by atoms with E-state index < -0.39 is 12.1 Å². The van der Waals surface area contributed by atoms with Crippen molar-refractivity contribution in [2.45, 2.75) is 0 Å². The van der Waals surface area contributed by atoms with Gasteiger partial charge >= 0.3 is 12.1 Å². The molecule has 2 aromatic rings. The van der Waals surface area contributed by atoms with Crippen LogP contribution in [0.2, 0.25) is 10.0 Å². The van der Waals surface area contributed by atoms with Gasteiger partial charge in [0.2, 0.25) is 0 Å². The first-order chi connectivity index (χ1) is 9.97. The van der Waals surface area contributed by atoms with Crippen LogP contribution in [0, 0.1) is 0 Å². The third-order valence-electron chi connectivity index (χ3n) is 2.47. The second kappa shape index (κ2) is 6.47. The molecule has 0 fully saturated rings. The number of hydrogen-bond acceptors (Lipinski definition) is 3. The lowest BCUT2D eigenvalue weighted by Gasteiger charge is -2.10. The molecule has 2 aromatic carbocycles. The zero-order valence-corrected chi connectivity index (χ0v) is 12.0. The smallest absolute Gasteiger partial charge is 0.417 e. The molecular formula is C14H9Cl2NO4. The highest BCUT2D eigenvalue weighted by molar-refractivity contribution is 6.40. The highest BCUT2D eigenvalue weighted by atomic mass is 35.5. The van der Waals surface area contributed by atoms with Crippen molar-refractivity contribution < 1.29 is 19.4 Å². The molecule has 21 heavy (non-hydrogen) atoms. The Morgan fingerprint density at radius 1 is 1.05 bits per heavy atom. The number of hydrogen-bond donors (Lipinski definition) is 2. The molecule has 0 bridgehead atoms. The van der Waals surface area contributed by atoms with Gasteiger partial charge in [-0.15, -0.1) is 0 Å². The fourth-order valence-corrected chi connectivity index (χ4v) is 2.12. The average Bonchev–Trinajstić information content (AvgIpc) is 2.43. The zero-order valence-electron chi connectivity index (χ0n) is 10.5. The van der Waals surface area contributed by atoms with Gasteiger partial charge in [-0.2, -0.15) is 0 Å². The van der Waals surface area contributed by atoms with Gasteiger partial charge in [-0.1, -0.05) is 41.4 Å². The van der Waals surface area contributed by atoms with Gasteiger partial charge in [-0.05, 0) is 24.3 Å². The lowest BCUT2D eigenvalue weighted by molar-refractivity contribution is 0.0697. The molecule has 0 aliphatic carbocycles. The minimum absolute atomic E-state index is 0.00455. The lowest BCUT2D eigenvalue weighted by atomic mass is 10.2. The Kier molecular flexibility index (Phi) is 4.67. The third-order valence-corrected chi connectivity index (χ3v) is 3.07. The van der Waals surface area contributed by atoms with Crippen LogP contribution in [0.5, 0.6) is 5.75 Å². The van der Waals surface area contributed by atoms with Gasteiger partial charge in [-0.3, -0.25) is 5.32 Å². The summed E-state index contributed by atoms with van der Waals surface area (Å²) >= 11 is 11.8. The van der Waals surface area contributed by atoms with E-state index in [9.17, 15) is 9.59 Å². The van der Waals surface area contributed by atoms with Crippen LogP contribution in [0.1, 0.15) is 10.4 Å². The summed E-state index contributed by atoms with van der Waals surface area (Å²) in [6.45, 7) is 0. The van der Waals surface area contributed by atoms with Crippen LogP contribution in [0.15, 0.2) is 42.5 Å². The topological polar surface area (TPSA) is 75.6 Å². The Morgan fingerprint density at radius 2 is 1.62 bits per heavy atom. The number of amides is 1. The maximum atomic E-state index is 11.7. The summed E-state index contributed by atoms with van der Waals surface area (Å²) in [5.41, 5.74) is 0.0104. The van der Waals surface area contributed by atoms with E-state index in [-0.39, 0.29) is 21.3 Å². The van der Waals surface area contributed by atoms with Crippen molar-refractivity contribution >= 4 is 41.0 Å². The third kappa shape index (κ3) is 3.87. The molecule has 0 heterocycles. The largest absolute Gasteiger partial charge is 0.478 e. The molecule has 0 radical (unpaired) electrons. The second-order valence-corrected chi connectivity index (χ2v) is 4.76. The Balaban J connectivity index is 2.16. The number of rotatable bonds is 3. The summed E-state index contributed by atoms with van der Waals surface area (Å²) in [6, 6.07) is 10.8. The summed E-state index contributed by atoms with van der Waals surface area (Å²) in [6.07, 6.45) is -0.784. The number of carboxylic acid groups (broad SMARTS) is 1. The number of carbonyl (C=O) groups excluding carboxylic acids is 1. The van der Waals surface area contributed by atoms with E-state index in [0.29, 0.717) is 5.75 Å². The van der Waals surface area contributed by atoms with E-state index in [1.165, 1.54) is 12.1 Å². The maximum Gasteiger partial charge on any atom is 0.417 e. The van der Waals surface area contributed by atoms with E-state index in [1.807, 2.05) is 0 Å². The quantitative estimate of drug-likeness (QED) is 0.881. The number of ether oxygens (including phenoxy) is 1. The van der Waals surface area contributed by atoms with Crippen molar-refractivity contribution in [3.05, 3.63) is 58.1 Å². The van der Waals surface area contributed by atoms with Gasteiger partial charge in [0.15, 0.2) is 0 Å². The van der Waals surface area contributed by atoms with Crippen LogP contribution in [0.3, 0.4) is 0 Å². The summed E-state index contributed by atoms with van der Waals surface area (Å²) in [5, 5.41) is 11.3. The molecule has 0 atom stereocenters. The summed E-state index contributed by atoms with van der Waals surface area (Å²) in [5.74, 6) is -0.818. The Labute approximate surface area is 130 Å². The standard InChI is InChI=1S/C14H9Cl2NO4/c15-10-6-8(13(18)19)7-11(16)12(10)17-14(20)21-9-4-2-1-3-5-9/h1-7H,(H,17,20)(H,18,19). The number of aromatic carboxylic acids is 1. The Morgan fingerprint density at radius 3 is 2.14 bits per heavy atom. The molecule has 0 saturated heterocycles. The van der Waals surface area contributed by atoms with Gasteiger partial charge < -0.3 is 9.84 Å². The highest BCUT2D eigenvalue weighted by Gasteiger charge is 2.15. The second-order valence-electron chi connectivity index (χ2n) is 3.95. The van der Waals surface area contributed by atoms with Crippen LogP contribution in [0.4, 0.5) is 10.5 Å². The van der Waals surface area contributed by atoms with E-state index >= 15 is 0 Å². The molecule has 108 valence electrons. The minimum atomic E-state index is -1.17. The normalized spacial score (nSPS) is 10.0. The van der Waals surface area contributed by atoms with Gasteiger partial charge in [0.05, 0.1) is 21.3 Å². The van der Waals surface area contributed by atoms with Gasteiger partial charge in [0, 0.05) is 0 Å². The highest BCUT2D eigenvalue weighted by Crippen LogP contribution is 2.32.